The molecule has 1 N–H and O–H groups in total. The number of aryl methyl sites for hydroxylation is 1. The fraction of sp³-hybridized carbons (Fsp3) is 0.625. The molecule has 4 heteroatoms. The molecule has 0 unspecified atom stereocenters. The Bertz CT molecular complexity index is 249. The van der Waals surface area contributed by atoms with Crippen LogP contribution in [0.15, 0.2) is 6.20 Å². The lowest BCUT2D eigenvalue weighted by molar-refractivity contribution is 0.270. The van der Waals surface area contributed by atoms with E-state index in [1.165, 1.54) is 4.88 Å². The number of likely N-dealkylation sites (N-methyl/N-ethyl adjacent to an activating group) is 1. The first-order valence-corrected chi connectivity index (χ1v) is 4.73. The van der Waals surface area contributed by atoms with Crippen LogP contribution in [0.5, 0.6) is 0 Å². The first kappa shape index (κ1) is 9.48. The lowest BCUT2D eigenvalue weighted by Gasteiger charge is -2.21. The first-order chi connectivity index (χ1) is 5.65. The van der Waals surface area contributed by atoms with E-state index in [1.54, 1.807) is 11.3 Å². The fourth-order valence-corrected chi connectivity index (χ4v) is 1.64. The minimum Gasteiger partial charge on any atom is -0.394 e. The van der Waals surface area contributed by atoms with Crippen molar-refractivity contribution in [1.29, 1.82) is 0 Å². The standard InChI is InChI=1S/C8H14N2OS/c1-6(5-11)10(3)8-9-4-7(2)12-8/h4,6,11H,5H2,1-3H3/t6-/m0/s1. The molecule has 0 radical (unpaired) electrons. The number of hydrogen-bond acceptors (Lipinski definition) is 4. The molecule has 0 aromatic carbocycles. The maximum absolute atomic E-state index is 8.91. The number of aliphatic hydroxyl groups is 1. The second kappa shape index (κ2) is 3.87. The summed E-state index contributed by atoms with van der Waals surface area (Å²) in [5.74, 6) is 0. The average Bonchev–Trinajstić information content (AvgIpc) is 2.49. The Morgan fingerprint density at radius 2 is 2.42 bits per heavy atom. The van der Waals surface area contributed by atoms with E-state index in [2.05, 4.69) is 4.98 Å². The van der Waals surface area contributed by atoms with Gasteiger partial charge in [-0.1, -0.05) is 0 Å². The van der Waals surface area contributed by atoms with Crippen molar-refractivity contribution in [2.45, 2.75) is 19.9 Å². The number of aromatic nitrogens is 1. The summed E-state index contributed by atoms with van der Waals surface area (Å²) in [6.45, 7) is 4.16. The van der Waals surface area contributed by atoms with Crippen molar-refractivity contribution in [1.82, 2.24) is 4.98 Å². The molecule has 1 rings (SSSR count). The largest absolute Gasteiger partial charge is 0.394 e. The van der Waals surface area contributed by atoms with Crippen LogP contribution in [0, 0.1) is 6.92 Å². The third-order valence-electron chi connectivity index (χ3n) is 1.84. The highest BCUT2D eigenvalue weighted by Crippen LogP contribution is 2.21. The van der Waals surface area contributed by atoms with E-state index >= 15 is 0 Å². The average molecular weight is 186 g/mol. The number of rotatable bonds is 3. The van der Waals surface area contributed by atoms with Gasteiger partial charge in [-0.05, 0) is 13.8 Å². The van der Waals surface area contributed by atoms with Crippen molar-refractivity contribution in [3.05, 3.63) is 11.1 Å². The second-order valence-corrected chi connectivity index (χ2v) is 4.11. The normalized spacial score (nSPS) is 13.0. The number of anilines is 1. The molecular formula is C8H14N2OS. The third-order valence-corrected chi connectivity index (χ3v) is 2.84. The lowest BCUT2D eigenvalue weighted by Crippen LogP contribution is -2.31. The van der Waals surface area contributed by atoms with Gasteiger partial charge in [0.2, 0.25) is 0 Å². The number of aliphatic hydroxyl groups excluding tert-OH is 1. The molecular weight excluding hydrogens is 172 g/mol. The summed E-state index contributed by atoms with van der Waals surface area (Å²) in [5, 5.41) is 9.88. The molecule has 0 saturated carbocycles. The van der Waals surface area contributed by atoms with Crippen LogP contribution in [0.4, 0.5) is 5.13 Å². The molecule has 0 aliphatic heterocycles. The van der Waals surface area contributed by atoms with Gasteiger partial charge in [-0.25, -0.2) is 4.98 Å². The van der Waals surface area contributed by atoms with Crippen LogP contribution in [-0.4, -0.2) is 29.8 Å². The molecule has 0 spiro atoms. The van der Waals surface area contributed by atoms with E-state index in [9.17, 15) is 0 Å². The Labute approximate surface area is 76.7 Å². The van der Waals surface area contributed by atoms with Crippen molar-refractivity contribution in [2.75, 3.05) is 18.6 Å². The van der Waals surface area contributed by atoms with Gasteiger partial charge in [0.25, 0.3) is 0 Å². The molecule has 3 nitrogen and oxygen atoms in total. The van der Waals surface area contributed by atoms with Gasteiger partial charge < -0.3 is 10.0 Å². The third kappa shape index (κ3) is 1.95. The minimum atomic E-state index is 0.135. The minimum absolute atomic E-state index is 0.135. The fourth-order valence-electron chi connectivity index (χ4n) is 0.817. The molecule has 1 aromatic rings. The van der Waals surface area contributed by atoms with Crippen molar-refractivity contribution < 1.29 is 5.11 Å². The van der Waals surface area contributed by atoms with Crippen molar-refractivity contribution in [2.24, 2.45) is 0 Å². The molecule has 0 fully saturated rings. The SMILES string of the molecule is Cc1cnc(N(C)[C@@H](C)CO)s1. The monoisotopic (exact) mass is 186 g/mol. The smallest absolute Gasteiger partial charge is 0.185 e. The summed E-state index contributed by atoms with van der Waals surface area (Å²) in [6.07, 6.45) is 1.85. The zero-order valence-corrected chi connectivity index (χ0v) is 8.43. The number of nitrogens with zero attached hydrogens (tertiary/aromatic N) is 2. The highest BCUT2D eigenvalue weighted by atomic mass is 32.1. The van der Waals surface area contributed by atoms with Gasteiger partial charge in [0.1, 0.15) is 0 Å². The van der Waals surface area contributed by atoms with E-state index < -0.39 is 0 Å². The van der Waals surface area contributed by atoms with Gasteiger partial charge in [-0.3, -0.25) is 0 Å². The molecule has 1 aromatic heterocycles. The molecule has 0 aliphatic rings. The molecule has 68 valence electrons. The maximum atomic E-state index is 8.91. The Morgan fingerprint density at radius 1 is 1.75 bits per heavy atom. The van der Waals surface area contributed by atoms with E-state index in [4.69, 9.17) is 5.11 Å². The van der Waals surface area contributed by atoms with Crippen LogP contribution in [0.2, 0.25) is 0 Å². The number of thiazole rings is 1. The predicted octanol–water partition coefficient (Wildman–Crippen LogP) is 1.27. The van der Waals surface area contributed by atoms with Gasteiger partial charge in [-0.2, -0.15) is 0 Å². The van der Waals surface area contributed by atoms with E-state index in [0.29, 0.717) is 0 Å². The number of hydrogen-bond donors (Lipinski definition) is 1. The van der Waals surface area contributed by atoms with Crippen LogP contribution in [0.1, 0.15) is 11.8 Å². The maximum Gasteiger partial charge on any atom is 0.185 e. The lowest BCUT2D eigenvalue weighted by atomic mass is 10.3. The van der Waals surface area contributed by atoms with Gasteiger partial charge in [0.15, 0.2) is 5.13 Å². The van der Waals surface area contributed by atoms with Crippen LogP contribution >= 0.6 is 11.3 Å². The summed E-state index contributed by atoms with van der Waals surface area (Å²) in [6, 6.07) is 0.135. The second-order valence-electron chi connectivity index (χ2n) is 2.90. The van der Waals surface area contributed by atoms with Crippen molar-refractivity contribution in [3.63, 3.8) is 0 Å². The molecule has 1 heterocycles. The molecule has 0 amide bonds. The molecule has 0 aliphatic carbocycles. The summed E-state index contributed by atoms with van der Waals surface area (Å²) < 4.78 is 0. The topological polar surface area (TPSA) is 36.4 Å². The predicted molar refractivity (Wildman–Crippen MR) is 51.8 cm³/mol. The zero-order valence-electron chi connectivity index (χ0n) is 7.61. The van der Waals surface area contributed by atoms with Crippen LogP contribution < -0.4 is 4.90 Å². The van der Waals surface area contributed by atoms with E-state index in [0.717, 1.165) is 5.13 Å². The first-order valence-electron chi connectivity index (χ1n) is 3.91. The molecule has 1 atom stereocenters. The van der Waals surface area contributed by atoms with Gasteiger partial charge in [-0.15, -0.1) is 11.3 Å². The zero-order chi connectivity index (χ0) is 9.14. The summed E-state index contributed by atoms with van der Waals surface area (Å²) in [4.78, 5) is 7.40. The van der Waals surface area contributed by atoms with Crippen LogP contribution in [0.3, 0.4) is 0 Å². The Morgan fingerprint density at radius 3 is 2.83 bits per heavy atom. The van der Waals surface area contributed by atoms with Crippen molar-refractivity contribution >= 4 is 16.5 Å². The van der Waals surface area contributed by atoms with E-state index in [-0.39, 0.29) is 12.6 Å². The van der Waals surface area contributed by atoms with Gasteiger partial charge in [0, 0.05) is 18.1 Å². The van der Waals surface area contributed by atoms with Crippen molar-refractivity contribution in [3.8, 4) is 0 Å². The van der Waals surface area contributed by atoms with Crippen LogP contribution in [0.25, 0.3) is 0 Å². The quantitative estimate of drug-likeness (QED) is 0.772. The molecule has 12 heavy (non-hydrogen) atoms. The Hall–Kier alpha value is -0.610. The summed E-state index contributed by atoms with van der Waals surface area (Å²) >= 11 is 1.64. The Kier molecular flexibility index (Phi) is 3.05. The summed E-state index contributed by atoms with van der Waals surface area (Å²) in [7, 11) is 1.94. The Balaban J connectivity index is 2.70. The highest BCUT2D eigenvalue weighted by Gasteiger charge is 2.10. The van der Waals surface area contributed by atoms with Crippen LogP contribution in [-0.2, 0) is 0 Å². The van der Waals surface area contributed by atoms with E-state index in [1.807, 2.05) is 32.0 Å². The summed E-state index contributed by atoms with van der Waals surface area (Å²) in [5.41, 5.74) is 0. The molecule has 0 saturated heterocycles. The van der Waals surface area contributed by atoms with Gasteiger partial charge >= 0.3 is 0 Å². The van der Waals surface area contributed by atoms with Gasteiger partial charge in [0.05, 0.1) is 12.6 Å². The molecule has 0 bridgehead atoms. The highest BCUT2D eigenvalue weighted by molar-refractivity contribution is 7.15.